The van der Waals surface area contributed by atoms with Gasteiger partial charge in [0, 0.05) is 12.0 Å². The van der Waals surface area contributed by atoms with Crippen molar-refractivity contribution in [2.75, 3.05) is 20.3 Å². The average Bonchev–Trinajstić information content (AvgIpc) is 3.17. The summed E-state index contributed by atoms with van der Waals surface area (Å²) in [6.45, 7) is 3.48. The molecule has 114 valence electrons. The summed E-state index contributed by atoms with van der Waals surface area (Å²) in [5, 5.41) is 0. The van der Waals surface area contributed by atoms with Gasteiger partial charge in [0.15, 0.2) is 0 Å². The first-order valence-electron chi connectivity index (χ1n) is 7.66. The molecule has 0 bridgehead atoms. The average molecular weight is 290 g/mol. The smallest absolute Gasteiger partial charge is 0.316 e. The Morgan fingerprint density at radius 3 is 2.81 bits per heavy atom. The van der Waals surface area contributed by atoms with Gasteiger partial charge in [-0.3, -0.25) is 4.79 Å². The monoisotopic (exact) mass is 290 g/mol. The van der Waals surface area contributed by atoms with Gasteiger partial charge in [0.05, 0.1) is 25.7 Å². The van der Waals surface area contributed by atoms with Crippen molar-refractivity contribution in [1.29, 1.82) is 0 Å². The molecule has 1 aromatic rings. The predicted octanol–water partition coefficient (Wildman–Crippen LogP) is 2.62. The first kappa shape index (κ1) is 14.4. The first-order valence-corrected chi connectivity index (χ1v) is 7.66. The van der Waals surface area contributed by atoms with E-state index in [9.17, 15) is 4.79 Å². The third kappa shape index (κ3) is 2.64. The number of esters is 1. The van der Waals surface area contributed by atoms with Crippen LogP contribution in [0.3, 0.4) is 0 Å². The molecular formula is C17H22O4. The maximum atomic E-state index is 12.2. The number of methoxy groups -OCH3 is 1. The fraction of sp³-hybridized carbons (Fsp3) is 0.588. The van der Waals surface area contributed by atoms with Gasteiger partial charge < -0.3 is 14.2 Å². The van der Waals surface area contributed by atoms with E-state index in [1.807, 2.05) is 6.07 Å². The van der Waals surface area contributed by atoms with Crippen LogP contribution < -0.4 is 4.74 Å². The summed E-state index contributed by atoms with van der Waals surface area (Å²) in [6.07, 6.45) is 3.61. The summed E-state index contributed by atoms with van der Waals surface area (Å²) >= 11 is 0. The second-order valence-corrected chi connectivity index (χ2v) is 5.86. The van der Waals surface area contributed by atoms with Crippen molar-refractivity contribution >= 4 is 5.97 Å². The van der Waals surface area contributed by atoms with E-state index in [1.165, 1.54) is 12.7 Å². The molecule has 3 rings (SSSR count). The molecule has 0 amide bonds. The highest BCUT2D eigenvalue weighted by atomic mass is 16.5. The van der Waals surface area contributed by atoms with Crippen LogP contribution in [0, 0.1) is 0 Å². The molecule has 1 aliphatic carbocycles. The molecule has 1 saturated heterocycles. The van der Waals surface area contributed by atoms with Crippen LogP contribution in [0.4, 0.5) is 0 Å². The lowest BCUT2D eigenvalue weighted by Crippen LogP contribution is -2.25. The van der Waals surface area contributed by atoms with E-state index in [0.29, 0.717) is 6.61 Å². The molecule has 4 heteroatoms. The molecule has 1 unspecified atom stereocenters. The summed E-state index contributed by atoms with van der Waals surface area (Å²) in [4.78, 5) is 12.2. The summed E-state index contributed by atoms with van der Waals surface area (Å²) in [5.74, 6) is 0.661. The predicted molar refractivity (Wildman–Crippen MR) is 78.6 cm³/mol. The summed E-state index contributed by atoms with van der Waals surface area (Å²) in [7, 11) is 1.46. The molecule has 1 atom stereocenters. The van der Waals surface area contributed by atoms with E-state index in [4.69, 9.17) is 14.2 Å². The zero-order chi connectivity index (χ0) is 14.9. The van der Waals surface area contributed by atoms with Gasteiger partial charge in [-0.25, -0.2) is 0 Å². The number of aryl methyl sites for hydroxylation is 1. The summed E-state index contributed by atoms with van der Waals surface area (Å²) in [6, 6.07) is 6.17. The number of ether oxygens (including phenoxy) is 3. The van der Waals surface area contributed by atoms with Crippen molar-refractivity contribution in [1.82, 2.24) is 0 Å². The SMILES string of the molecule is CCc1ccc(OC2CCOC2)c(C2(C(=O)OC)CC2)c1. The van der Waals surface area contributed by atoms with Crippen LogP contribution in [0.5, 0.6) is 5.75 Å². The van der Waals surface area contributed by atoms with Crippen LogP contribution in [-0.4, -0.2) is 32.4 Å². The molecule has 1 aromatic carbocycles. The maximum absolute atomic E-state index is 12.2. The van der Waals surface area contributed by atoms with Crippen molar-refractivity contribution in [3.05, 3.63) is 29.3 Å². The minimum absolute atomic E-state index is 0.0877. The highest BCUT2D eigenvalue weighted by Gasteiger charge is 2.54. The number of carbonyl (C=O) groups is 1. The van der Waals surface area contributed by atoms with Gasteiger partial charge in [0.25, 0.3) is 0 Å². The fourth-order valence-electron chi connectivity index (χ4n) is 2.96. The van der Waals surface area contributed by atoms with E-state index in [1.54, 1.807) is 0 Å². The van der Waals surface area contributed by atoms with Crippen LogP contribution >= 0.6 is 0 Å². The molecule has 0 spiro atoms. The zero-order valence-electron chi connectivity index (χ0n) is 12.7. The molecule has 2 fully saturated rings. The highest BCUT2D eigenvalue weighted by Crippen LogP contribution is 2.52. The standard InChI is InChI=1S/C17H22O4/c1-3-12-4-5-15(21-13-6-9-20-11-13)14(10-12)17(7-8-17)16(18)19-2/h4-5,10,13H,3,6-9,11H2,1-2H3. The van der Waals surface area contributed by atoms with Crippen LogP contribution in [0.25, 0.3) is 0 Å². The Morgan fingerprint density at radius 2 is 2.24 bits per heavy atom. The minimum atomic E-state index is -0.491. The second kappa shape index (κ2) is 5.68. The zero-order valence-corrected chi connectivity index (χ0v) is 12.7. The van der Waals surface area contributed by atoms with Gasteiger partial charge in [-0.1, -0.05) is 19.1 Å². The largest absolute Gasteiger partial charge is 0.488 e. The lowest BCUT2D eigenvalue weighted by molar-refractivity contribution is -0.143. The van der Waals surface area contributed by atoms with Gasteiger partial charge in [0.1, 0.15) is 11.9 Å². The second-order valence-electron chi connectivity index (χ2n) is 5.86. The molecule has 0 radical (unpaired) electrons. The molecule has 0 N–H and O–H groups in total. The lowest BCUT2D eigenvalue weighted by atomic mass is 9.92. The Balaban J connectivity index is 1.93. The van der Waals surface area contributed by atoms with Gasteiger partial charge in [-0.2, -0.15) is 0 Å². The molecule has 0 aromatic heterocycles. The van der Waals surface area contributed by atoms with E-state index in [2.05, 4.69) is 19.1 Å². The molecule has 4 nitrogen and oxygen atoms in total. The lowest BCUT2D eigenvalue weighted by Gasteiger charge is -2.21. The molecule has 21 heavy (non-hydrogen) atoms. The molecular weight excluding hydrogens is 268 g/mol. The molecule has 1 aliphatic heterocycles. The Kier molecular flexibility index (Phi) is 3.89. The topological polar surface area (TPSA) is 44.8 Å². The quantitative estimate of drug-likeness (QED) is 0.782. The minimum Gasteiger partial charge on any atom is -0.488 e. The number of benzene rings is 1. The third-order valence-electron chi connectivity index (χ3n) is 4.48. The van der Waals surface area contributed by atoms with Crippen molar-refractivity contribution in [2.45, 2.75) is 44.1 Å². The highest BCUT2D eigenvalue weighted by molar-refractivity contribution is 5.87. The van der Waals surface area contributed by atoms with Crippen LogP contribution in [0.15, 0.2) is 18.2 Å². The third-order valence-corrected chi connectivity index (χ3v) is 4.48. The summed E-state index contributed by atoms with van der Waals surface area (Å²) in [5.41, 5.74) is 1.71. The van der Waals surface area contributed by atoms with Gasteiger partial charge in [-0.05, 0) is 30.9 Å². The Hall–Kier alpha value is -1.55. The van der Waals surface area contributed by atoms with Crippen molar-refractivity contribution < 1.29 is 19.0 Å². The van der Waals surface area contributed by atoms with Crippen LogP contribution in [0.2, 0.25) is 0 Å². The van der Waals surface area contributed by atoms with Crippen LogP contribution in [0.1, 0.15) is 37.3 Å². The Bertz CT molecular complexity index is 528. The van der Waals surface area contributed by atoms with Gasteiger partial charge in [0.2, 0.25) is 0 Å². The van der Waals surface area contributed by atoms with Crippen molar-refractivity contribution in [3.63, 3.8) is 0 Å². The van der Waals surface area contributed by atoms with Crippen molar-refractivity contribution in [2.24, 2.45) is 0 Å². The van der Waals surface area contributed by atoms with Crippen molar-refractivity contribution in [3.8, 4) is 5.75 Å². The normalized spacial score (nSPS) is 22.9. The number of hydrogen-bond acceptors (Lipinski definition) is 4. The number of carbonyl (C=O) groups excluding carboxylic acids is 1. The van der Waals surface area contributed by atoms with E-state index in [-0.39, 0.29) is 12.1 Å². The Morgan fingerprint density at radius 1 is 1.43 bits per heavy atom. The fourth-order valence-corrected chi connectivity index (χ4v) is 2.96. The summed E-state index contributed by atoms with van der Waals surface area (Å²) < 4.78 is 16.5. The number of hydrogen-bond donors (Lipinski definition) is 0. The number of rotatable bonds is 5. The van der Waals surface area contributed by atoms with E-state index >= 15 is 0 Å². The van der Waals surface area contributed by atoms with Gasteiger partial charge in [-0.15, -0.1) is 0 Å². The maximum Gasteiger partial charge on any atom is 0.316 e. The molecule has 1 heterocycles. The van der Waals surface area contributed by atoms with Gasteiger partial charge >= 0.3 is 5.97 Å². The van der Waals surface area contributed by atoms with E-state index in [0.717, 1.165) is 43.6 Å². The van der Waals surface area contributed by atoms with E-state index < -0.39 is 5.41 Å². The van der Waals surface area contributed by atoms with Crippen LogP contribution in [-0.2, 0) is 26.1 Å². The molecule has 2 aliphatic rings. The first-order chi connectivity index (χ1) is 10.2. The Labute approximate surface area is 125 Å². The molecule has 1 saturated carbocycles.